The first-order chi connectivity index (χ1) is 12.0. The third-order valence-electron chi connectivity index (χ3n) is 3.82. The van der Waals surface area contributed by atoms with E-state index in [0.29, 0.717) is 6.07 Å². The molecule has 0 heterocycles. The van der Waals surface area contributed by atoms with E-state index in [1.165, 1.54) is 12.1 Å². The minimum absolute atomic E-state index is 0.0588. The third kappa shape index (κ3) is 3.14. The van der Waals surface area contributed by atoms with Crippen LogP contribution in [-0.2, 0) is 16.0 Å². The molecule has 2 aromatic carbocycles. The minimum Gasteiger partial charge on any atom is -0.282 e. The number of benzene rings is 2. The van der Waals surface area contributed by atoms with Crippen molar-refractivity contribution in [2.45, 2.75) is 35.5 Å². The van der Waals surface area contributed by atoms with Crippen LogP contribution in [0, 0.1) is 0 Å². The maximum atomic E-state index is 14.3. The van der Waals surface area contributed by atoms with Crippen LogP contribution in [-0.4, -0.2) is 30.7 Å². The van der Waals surface area contributed by atoms with Crippen LogP contribution in [0.4, 0.5) is 35.1 Å². The predicted octanol–water partition coefficient (Wildman–Crippen LogP) is 5.10. The van der Waals surface area contributed by atoms with Crippen molar-refractivity contribution in [1.29, 1.82) is 0 Å². The van der Waals surface area contributed by atoms with E-state index >= 15 is 0 Å². The Labute approximate surface area is 147 Å². The van der Waals surface area contributed by atoms with Crippen LogP contribution in [0.1, 0.15) is 12.5 Å². The van der Waals surface area contributed by atoms with E-state index in [4.69, 9.17) is 0 Å². The van der Waals surface area contributed by atoms with Crippen molar-refractivity contribution in [3.63, 3.8) is 0 Å². The Morgan fingerprint density at radius 2 is 1.33 bits per heavy atom. The molecule has 2 rings (SSSR count). The van der Waals surface area contributed by atoms with Crippen molar-refractivity contribution in [3.8, 4) is 0 Å². The standard InChI is InChI=1S/C15H10F8O3S/c1-12(16,17)14(20,21)15(22,23)13(18,19)10-7-6-8-4-2-3-5-9(8)11(10)27(24,25)26/h2-7H,1H3,(H,24,25,26). The Morgan fingerprint density at radius 1 is 0.815 bits per heavy atom. The zero-order valence-corrected chi connectivity index (χ0v) is 14.0. The number of halogens is 8. The molecule has 3 nitrogen and oxygen atoms in total. The summed E-state index contributed by atoms with van der Waals surface area (Å²) < 4.78 is 141. The first-order valence-corrected chi connectivity index (χ1v) is 8.41. The topological polar surface area (TPSA) is 54.4 Å². The molecule has 150 valence electrons. The summed E-state index contributed by atoms with van der Waals surface area (Å²) in [7, 11) is -5.63. The summed E-state index contributed by atoms with van der Waals surface area (Å²) in [5, 5.41) is -0.792. The summed E-state index contributed by atoms with van der Waals surface area (Å²) in [5.41, 5.74) is -2.24. The van der Waals surface area contributed by atoms with Gasteiger partial charge in [0.1, 0.15) is 4.90 Å². The first kappa shape index (κ1) is 21.4. The fourth-order valence-corrected chi connectivity index (χ4v) is 3.35. The molecule has 0 bridgehead atoms. The second kappa shape index (κ2) is 6.03. The molecule has 0 spiro atoms. The molecule has 27 heavy (non-hydrogen) atoms. The van der Waals surface area contributed by atoms with E-state index in [2.05, 4.69) is 0 Å². The van der Waals surface area contributed by atoms with Gasteiger partial charge in [0.2, 0.25) is 0 Å². The highest BCUT2D eigenvalue weighted by Gasteiger charge is 2.79. The third-order valence-corrected chi connectivity index (χ3v) is 4.77. The summed E-state index contributed by atoms with van der Waals surface area (Å²) in [5.74, 6) is -24.9. The Bertz CT molecular complexity index is 980. The fraction of sp³-hybridized carbons (Fsp3) is 0.333. The monoisotopic (exact) mass is 422 g/mol. The zero-order chi connectivity index (χ0) is 21.1. The average molecular weight is 422 g/mol. The van der Waals surface area contributed by atoms with Gasteiger partial charge in [-0.2, -0.15) is 43.5 Å². The Balaban J connectivity index is 2.90. The van der Waals surface area contributed by atoms with Crippen LogP contribution < -0.4 is 0 Å². The van der Waals surface area contributed by atoms with Gasteiger partial charge in [0.25, 0.3) is 10.1 Å². The summed E-state index contributed by atoms with van der Waals surface area (Å²) in [6, 6.07) is 5.19. The van der Waals surface area contributed by atoms with Gasteiger partial charge in [0.05, 0.1) is 0 Å². The number of fused-ring (bicyclic) bond motifs is 1. The van der Waals surface area contributed by atoms with Crippen molar-refractivity contribution in [1.82, 2.24) is 0 Å². The first-order valence-electron chi connectivity index (χ1n) is 6.97. The van der Waals surface area contributed by atoms with Gasteiger partial charge >= 0.3 is 23.7 Å². The molecule has 12 heteroatoms. The molecule has 0 radical (unpaired) electrons. The maximum Gasteiger partial charge on any atom is 0.382 e. The minimum atomic E-state index is -6.69. The van der Waals surface area contributed by atoms with Gasteiger partial charge in [-0.25, -0.2) is 0 Å². The molecule has 2 aromatic rings. The summed E-state index contributed by atoms with van der Waals surface area (Å²) in [6.45, 7) is -0.679. The molecular formula is C15H10F8O3S. The number of hydrogen-bond acceptors (Lipinski definition) is 2. The molecule has 0 atom stereocenters. The lowest BCUT2D eigenvalue weighted by molar-refractivity contribution is -0.367. The second-order valence-electron chi connectivity index (χ2n) is 5.75. The summed E-state index contributed by atoms with van der Waals surface area (Å²) in [6.07, 6.45) is 0. The second-order valence-corrected chi connectivity index (χ2v) is 7.11. The molecule has 0 aliphatic heterocycles. The van der Waals surface area contributed by atoms with Crippen molar-refractivity contribution < 1.29 is 48.1 Å². The highest BCUT2D eigenvalue weighted by atomic mass is 32.2. The van der Waals surface area contributed by atoms with Gasteiger partial charge in [0.15, 0.2) is 0 Å². The molecule has 0 aromatic heterocycles. The van der Waals surface area contributed by atoms with Crippen LogP contribution in [0.15, 0.2) is 41.3 Å². The molecular weight excluding hydrogens is 412 g/mol. The van der Waals surface area contributed by atoms with Crippen LogP contribution in [0.2, 0.25) is 0 Å². The van der Waals surface area contributed by atoms with Crippen molar-refractivity contribution >= 4 is 20.9 Å². The molecule has 0 amide bonds. The van der Waals surface area contributed by atoms with Crippen LogP contribution in [0.3, 0.4) is 0 Å². The van der Waals surface area contributed by atoms with Crippen molar-refractivity contribution in [3.05, 3.63) is 42.0 Å². The predicted molar refractivity (Wildman–Crippen MR) is 78.2 cm³/mol. The number of hydrogen-bond donors (Lipinski definition) is 1. The van der Waals surface area contributed by atoms with Crippen molar-refractivity contribution in [2.75, 3.05) is 0 Å². The lowest BCUT2D eigenvalue weighted by Gasteiger charge is -2.36. The normalized spacial score (nSPS) is 14.6. The number of rotatable bonds is 5. The molecule has 1 N–H and O–H groups in total. The average Bonchev–Trinajstić information content (AvgIpc) is 2.51. The van der Waals surface area contributed by atoms with Crippen molar-refractivity contribution in [2.24, 2.45) is 0 Å². The van der Waals surface area contributed by atoms with Gasteiger partial charge in [-0.15, -0.1) is 0 Å². The van der Waals surface area contributed by atoms with Crippen LogP contribution in [0.5, 0.6) is 0 Å². The van der Waals surface area contributed by atoms with Gasteiger partial charge in [-0.05, 0) is 5.39 Å². The molecule has 0 fully saturated rings. The molecule has 0 saturated heterocycles. The molecule has 0 aliphatic rings. The van der Waals surface area contributed by atoms with E-state index < -0.39 is 56.6 Å². The van der Waals surface area contributed by atoms with E-state index in [0.717, 1.165) is 12.1 Å². The lowest BCUT2D eigenvalue weighted by atomic mass is 9.92. The van der Waals surface area contributed by atoms with Gasteiger partial charge in [-0.3, -0.25) is 4.55 Å². The highest BCUT2D eigenvalue weighted by Crippen LogP contribution is 2.57. The molecule has 0 unspecified atom stereocenters. The summed E-state index contributed by atoms with van der Waals surface area (Å²) >= 11 is 0. The Morgan fingerprint density at radius 3 is 1.81 bits per heavy atom. The maximum absolute atomic E-state index is 14.3. The molecule has 0 saturated carbocycles. The van der Waals surface area contributed by atoms with Gasteiger partial charge in [-0.1, -0.05) is 36.4 Å². The molecule has 0 aliphatic carbocycles. The van der Waals surface area contributed by atoms with Crippen LogP contribution >= 0.6 is 0 Å². The SMILES string of the molecule is CC(F)(F)C(F)(F)C(F)(F)C(F)(F)c1ccc2ccccc2c1S(=O)(=O)O. The Hall–Kier alpha value is -1.95. The van der Waals surface area contributed by atoms with E-state index in [1.54, 1.807) is 0 Å². The lowest BCUT2D eigenvalue weighted by Crippen LogP contribution is -2.60. The van der Waals surface area contributed by atoms with Crippen LogP contribution in [0.25, 0.3) is 10.8 Å². The van der Waals surface area contributed by atoms with E-state index in [1.807, 2.05) is 0 Å². The van der Waals surface area contributed by atoms with E-state index in [-0.39, 0.29) is 11.5 Å². The smallest absolute Gasteiger partial charge is 0.282 e. The zero-order valence-electron chi connectivity index (χ0n) is 13.2. The number of alkyl halides is 8. The quantitative estimate of drug-likeness (QED) is 0.539. The summed E-state index contributed by atoms with van der Waals surface area (Å²) in [4.78, 5) is -1.78. The fourth-order valence-electron chi connectivity index (χ4n) is 2.41. The Kier molecular flexibility index (Phi) is 4.76. The van der Waals surface area contributed by atoms with E-state index in [9.17, 15) is 48.1 Å². The van der Waals surface area contributed by atoms with Gasteiger partial charge in [0, 0.05) is 17.9 Å². The van der Waals surface area contributed by atoms with Gasteiger partial charge < -0.3 is 0 Å². The highest BCUT2D eigenvalue weighted by molar-refractivity contribution is 7.86. The largest absolute Gasteiger partial charge is 0.382 e.